The number of esters is 1. The van der Waals surface area contributed by atoms with Crippen molar-refractivity contribution >= 4 is 12.1 Å². The van der Waals surface area contributed by atoms with Gasteiger partial charge < -0.3 is 20.1 Å². The first-order chi connectivity index (χ1) is 10.3. The van der Waals surface area contributed by atoms with E-state index in [1.54, 1.807) is 12.1 Å². The molecule has 0 saturated heterocycles. The van der Waals surface area contributed by atoms with Gasteiger partial charge in [0.15, 0.2) is 0 Å². The van der Waals surface area contributed by atoms with Gasteiger partial charge in [0, 0.05) is 19.6 Å². The minimum absolute atomic E-state index is 0.357. The third-order valence-electron chi connectivity index (χ3n) is 2.71. The van der Waals surface area contributed by atoms with Crippen LogP contribution >= 0.6 is 0 Å². The summed E-state index contributed by atoms with van der Waals surface area (Å²) in [5.74, 6) is -0.357. The van der Waals surface area contributed by atoms with Crippen LogP contribution in [0.1, 0.15) is 36.7 Å². The second-order valence-corrected chi connectivity index (χ2v) is 5.75. The molecule has 0 atom stereocenters. The molecule has 0 bridgehead atoms. The predicted octanol–water partition coefficient (Wildman–Crippen LogP) is 2.09. The third-order valence-corrected chi connectivity index (χ3v) is 2.71. The number of rotatable bonds is 6. The molecule has 0 aliphatic rings. The lowest BCUT2D eigenvalue weighted by atomic mass is 10.1. The maximum absolute atomic E-state index is 11.6. The van der Waals surface area contributed by atoms with E-state index in [1.165, 1.54) is 7.11 Å². The molecule has 1 aromatic rings. The standard InChI is InChI=1S/C16H24N2O4/c1-16(2,3)22-15(20)18-10-9-17-11-12-7-5-6-8-13(12)14(19)21-4/h5-8,17H,9-11H2,1-4H3,(H,18,20). The number of carbonyl (C=O) groups excluding carboxylic acids is 2. The molecular weight excluding hydrogens is 284 g/mol. The fourth-order valence-corrected chi connectivity index (χ4v) is 1.77. The highest BCUT2D eigenvalue weighted by Gasteiger charge is 2.15. The van der Waals surface area contributed by atoms with E-state index >= 15 is 0 Å². The number of ether oxygens (including phenoxy) is 2. The average molecular weight is 308 g/mol. The van der Waals surface area contributed by atoms with Crippen LogP contribution < -0.4 is 10.6 Å². The van der Waals surface area contributed by atoms with Gasteiger partial charge in [-0.1, -0.05) is 18.2 Å². The maximum Gasteiger partial charge on any atom is 0.407 e. The van der Waals surface area contributed by atoms with Gasteiger partial charge in [-0.05, 0) is 32.4 Å². The van der Waals surface area contributed by atoms with Gasteiger partial charge in [-0.3, -0.25) is 0 Å². The molecule has 122 valence electrons. The summed E-state index contributed by atoms with van der Waals surface area (Å²) < 4.78 is 9.87. The van der Waals surface area contributed by atoms with Crippen LogP contribution in [0.15, 0.2) is 24.3 Å². The van der Waals surface area contributed by atoms with E-state index in [-0.39, 0.29) is 5.97 Å². The summed E-state index contributed by atoms with van der Waals surface area (Å²) in [6.07, 6.45) is -0.440. The van der Waals surface area contributed by atoms with Crippen LogP contribution in [0, 0.1) is 0 Å². The zero-order chi connectivity index (χ0) is 16.6. The van der Waals surface area contributed by atoms with E-state index in [0.717, 1.165) is 5.56 Å². The van der Waals surface area contributed by atoms with E-state index in [1.807, 2.05) is 32.9 Å². The lowest BCUT2D eigenvalue weighted by molar-refractivity contribution is 0.0527. The first kappa shape index (κ1) is 18.0. The number of amides is 1. The second kappa shape index (κ2) is 8.38. The molecule has 2 N–H and O–H groups in total. The Kier molecular flexibility index (Phi) is 6.85. The Morgan fingerprint density at radius 1 is 1.14 bits per heavy atom. The number of benzene rings is 1. The molecule has 0 aromatic heterocycles. The van der Waals surface area contributed by atoms with Gasteiger partial charge in [-0.2, -0.15) is 0 Å². The number of hydrogen-bond donors (Lipinski definition) is 2. The highest BCUT2D eigenvalue weighted by atomic mass is 16.6. The van der Waals surface area contributed by atoms with E-state index < -0.39 is 11.7 Å². The zero-order valence-corrected chi connectivity index (χ0v) is 13.6. The number of methoxy groups -OCH3 is 1. The van der Waals surface area contributed by atoms with Crippen molar-refractivity contribution in [1.29, 1.82) is 0 Å². The average Bonchev–Trinajstić information content (AvgIpc) is 2.44. The molecule has 0 heterocycles. The Hall–Kier alpha value is -2.08. The molecule has 0 saturated carbocycles. The summed E-state index contributed by atoms with van der Waals surface area (Å²) in [5.41, 5.74) is 0.890. The molecule has 6 nitrogen and oxygen atoms in total. The molecule has 1 amide bonds. The molecule has 1 rings (SSSR count). The highest BCUT2D eigenvalue weighted by molar-refractivity contribution is 5.90. The molecule has 0 aliphatic heterocycles. The molecule has 22 heavy (non-hydrogen) atoms. The Balaban J connectivity index is 2.34. The summed E-state index contributed by atoms with van der Waals surface area (Å²) in [6.45, 7) is 6.96. The summed E-state index contributed by atoms with van der Waals surface area (Å²) >= 11 is 0. The first-order valence-electron chi connectivity index (χ1n) is 7.17. The fourth-order valence-electron chi connectivity index (χ4n) is 1.77. The lowest BCUT2D eigenvalue weighted by Crippen LogP contribution is -2.36. The van der Waals surface area contributed by atoms with Crippen molar-refractivity contribution < 1.29 is 19.1 Å². The van der Waals surface area contributed by atoms with Crippen LogP contribution in [-0.2, 0) is 16.0 Å². The van der Waals surface area contributed by atoms with Gasteiger partial charge in [0.2, 0.25) is 0 Å². The fraction of sp³-hybridized carbons (Fsp3) is 0.500. The molecule has 6 heteroatoms. The van der Waals surface area contributed by atoms with Crippen LogP contribution in [-0.4, -0.2) is 37.9 Å². The number of hydrogen-bond acceptors (Lipinski definition) is 5. The second-order valence-electron chi connectivity index (χ2n) is 5.75. The van der Waals surface area contributed by atoms with Crippen LogP contribution in [0.25, 0.3) is 0 Å². The van der Waals surface area contributed by atoms with Crippen molar-refractivity contribution in [3.8, 4) is 0 Å². The predicted molar refractivity (Wildman–Crippen MR) is 83.7 cm³/mol. The van der Waals surface area contributed by atoms with E-state index in [0.29, 0.717) is 25.2 Å². The van der Waals surface area contributed by atoms with Crippen molar-refractivity contribution in [3.63, 3.8) is 0 Å². The van der Waals surface area contributed by atoms with Crippen molar-refractivity contribution in [3.05, 3.63) is 35.4 Å². The Morgan fingerprint density at radius 2 is 1.82 bits per heavy atom. The zero-order valence-electron chi connectivity index (χ0n) is 13.6. The van der Waals surface area contributed by atoms with Crippen molar-refractivity contribution in [2.45, 2.75) is 32.9 Å². The maximum atomic E-state index is 11.6. The summed E-state index contributed by atoms with van der Waals surface area (Å²) in [7, 11) is 1.36. The van der Waals surface area contributed by atoms with Crippen LogP contribution in [0.3, 0.4) is 0 Å². The van der Waals surface area contributed by atoms with Gasteiger partial charge in [-0.25, -0.2) is 9.59 Å². The first-order valence-corrected chi connectivity index (χ1v) is 7.17. The molecular formula is C16H24N2O4. The third kappa shape index (κ3) is 6.58. The number of alkyl carbamates (subject to hydrolysis) is 1. The van der Waals surface area contributed by atoms with Gasteiger partial charge in [0.05, 0.1) is 12.7 Å². The quantitative estimate of drug-likeness (QED) is 0.621. The summed E-state index contributed by atoms with van der Waals surface area (Å²) in [6, 6.07) is 7.24. The molecule has 1 aromatic carbocycles. The molecule has 0 unspecified atom stereocenters. The highest BCUT2D eigenvalue weighted by Crippen LogP contribution is 2.09. The summed E-state index contributed by atoms with van der Waals surface area (Å²) in [4.78, 5) is 23.1. The van der Waals surface area contributed by atoms with Crippen LogP contribution in [0.5, 0.6) is 0 Å². The monoisotopic (exact) mass is 308 g/mol. The number of carbonyl (C=O) groups is 2. The molecule has 0 spiro atoms. The number of nitrogens with one attached hydrogen (secondary N) is 2. The van der Waals surface area contributed by atoms with Gasteiger partial charge >= 0.3 is 12.1 Å². The molecule has 0 aliphatic carbocycles. The van der Waals surface area contributed by atoms with E-state index in [9.17, 15) is 9.59 Å². The topological polar surface area (TPSA) is 76.7 Å². The Labute approximate surface area is 131 Å². The van der Waals surface area contributed by atoms with Crippen LogP contribution in [0.2, 0.25) is 0 Å². The van der Waals surface area contributed by atoms with Crippen molar-refractivity contribution in [2.24, 2.45) is 0 Å². The minimum atomic E-state index is -0.503. The van der Waals surface area contributed by atoms with Gasteiger partial charge in [0.25, 0.3) is 0 Å². The minimum Gasteiger partial charge on any atom is -0.465 e. The van der Waals surface area contributed by atoms with E-state index in [2.05, 4.69) is 10.6 Å². The van der Waals surface area contributed by atoms with E-state index in [4.69, 9.17) is 9.47 Å². The normalized spacial score (nSPS) is 10.9. The van der Waals surface area contributed by atoms with Crippen molar-refractivity contribution in [2.75, 3.05) is 20.2 Å². The van der Waals surface area contributed by atoms with Gasteiger partial charge in [0.1, 0.15) is 5.60 Å². The SMILES string of the molecule is COC(=O)c1ccccc1CNCCNC(=O)OC(C)(C)C. The Bertz CT molecular complexity index is 509. The molecule has 0 fully saturated rings. The molecule has 0 radical (unpaired) electrons. The largest absolute Gasteiger partial charge is 0.465 e. The smallest absolute Gasteiger partial charge is 0.407 e. The Morgan fingerprint density at radius 3 is 2.45 bits per heavy atom. The van der Waals surface area contributed by atoms with Crippen molar-refractivity contribution in [1.82, 2.24) is 10.6 Å². The van der Waals surface area contributed by atoms with Crippen LogP contribution in [0.4, 0.5) is 4.79 Å². The van der Waals surface area contributed by atoms with Gasteiger partial charge in [-0.15, -0.1) is 0 Å². The lowest BCUT2D eigenvalue weighted by Gasteiger charge is -2.19. The summed E-state index contributed by atoms with van der Waals surface area (Å²) in [5, 5.41) is 5.82.